The van der Waals surface area contributed by atoms with Crippen LogP contribution in [0.1, 0.15) is 54.4 Å². The Hall–Kier alpha value is -4.43. The van der Waals surface area contributed by atoms with Gasteiger partial charge in [-0.05, 0) is 51.0 Å². The van der Waals surface area contributed by atoms with Gasteiger partial charge >= 0.3 is 0 Å². The van der Waals surface area contributed by atoms with E-state index in [4.69, 9.17) is 5.26 Å². The van der Waals surface area contributed by atoms with E-state index >= 15 is 0 Å². The van der Waals surface area contributed by atoms with Crippen LogP contribution in [0.15, 0.2) is 49.1 Å². The first-order valence-corrected chi connectivity index (χ1v) is 11.8. The number of hydrogen-bond acceptors (Lipinski definition) is 8. The Bertz CT molecular complexity index is 1500. The van der Waals surface area contributed by atoms with Gasteiger partial charge in [-0.3, -0.25) is 9.78 Å². The van der Waals surface area contributed by atoms with Crippen LogP contribution in [0.3, 0.4) is 0 Å². The molecule has 1 amide bonds. The molecule has 1 aliphatic carbocycles. The Balaban J connectivity index is 1.48. The molecule has 3 N–H and O–H groups in total. The van der Waals surface area contributed by atoms with Gasteiger partial charge in [0.2, 0.25) is 0 Å². The SMILES string of the molecule is CC(C)(O)C(F)CNC(=O)c1cnc(-c2ccc3cc(C#N)cnn23)cc1Nc1cnc(C2CC2)nc1. The molecule has 11 heteroatoms. The predicted octanol–water partition coefficient (Wildman–Crippen LogP) is 3.52. The highest BCUT2D eigenvalue weighted by atomic mass is 19.1. The summed E-state index contributed by atoms with van der Waals surface area (Å²) in [6, 6.07) is 9.11. The first-order chi connectivity index (χ1) is 17.7. The summed E-state index contributed by atoms with van der Waals surface area (Å²) < 4.78 is 15.9. The fourth-order valence-corrected chi connectivity index (χ4v) is 3.77. The molecular weight excluding hydrogens is 475 g/mol. The molecule has 1 unspecified atom stereocenters. The lowest BCUT2D eigenvalue weighted by Crippen LogP contribution is -2.42. The summed E-state index contributed by atoms with van der Waals surface area (Å²) in [5.41, 5.74) is 1.90. The van der Waals surface area contributed by atoms with Gasteiger partial charge < -0.3 is 15.7 Å². The number of carbonyl (C=O) groups is 1. The minimum Gasteiger partial charge on any atom is -0.387 e. The molecule has 10 nitrogen and oxygen atoms in total. The van der Waals surface area contributed by atoms with Crippen LogP contribution >= 0.6 is 0 Å². The second-order valence-corrected chi connectivity index (χ2v) is 9.59. The molecule has 4 aromatic rings. The number of pyridine rings is 1. The van der Waals surface area contributed by atoms with Gasteiger partial charge in [-0.25, -0.2) is 18.9 Å². The summed E-state index contributed by atoms with van der Waals surface area (Å²) in [6.45, 7) is 2.32. The number of nitrogens with zero attached hydrogens (tertiary/aromatic N) is 6. The molecule has 0 radical (unpaired) electrons. The molecule has 0 spiro atoms. The third-order valence-corrected chi connectivity index (χ3v) is 6.14. The van der Waals surface area contributed by atoms with Crippen LogP contribution in [0, 0.1) is 11.3 Å². The van der Waals surface area contributed by atoms with Gasteiger partial charge in [0.05, 0.1) is 70.1 Å². The van der Waals surface area contributed by atoms with Gasteiger partial charge in [-0.2, -0.15) is 10.4 Å². The summed E-state index contributed by atoms with van der Waals surface area (Å²) in [4.78, 5) is 26.3. The Morgan fingerprint density at radius 2 is 1.97 bits per heavy atom. The Morgan fingerprint density at radius 3 is 2.65 bits per heavy atom. The van der Waals surface area contributed by atoms with Crippen molar-refractivity contribution in [1.82, 2.24) is 29.9 Å². The number of hydrogen-bond donors (Lipinski definition) is 3. The number of halogens is 1. The molecule has 188 valence electrons. The normalized spacial score (nSPS) is 14.2. The lowest BCUT2D eigenvalue weighted by atomic mass is 10.0. The highest BCUT2D eigenvalue weighted by Crippen LogP contribution is 2.38. The summed E-state index contributed by atoms with van der Waals surface area (Å²) in [6.07, 6.45) is 6.69. The molecule has 1 atom stereocenters. The van der Waals surface area contributed by atoms with E-state index in [1.807, 2.05) is 12.1 Å². The van der Waals surface area contributed by atoms with E-state index < -0.39 is 17.7 Å². The quantitative estimate of drug-likeness (QED) is 0.334. The van der Waals surface area contributed by atoms with E-state index in [1.165, 1.54) is 26.2 Å². The van der Waals surface area contributed by atoms with Gasteiger partial charge in [0, 0.05) is 12.1 Å². The summed E-state index contributed by atoms with van der Waals surface area (Å²) in [7, 11) is 0. The third kappa shape index (κ3) is 5.24. The fraction of sp³-hybridized carbons (Fsp3) is 0.308. The number of aliphatic hydroxyl groups is 1. The van der Waals surface area contributed by atoms with Gasteiger partial charge in [0.15, 0.2) is 0 Å². The highest BCUT2D eigenvalue weighted by Gasteiger charge is 2.28. The van der Waals surface area contributed by atoms with Crippen LogP contribution in [0.4, 0.5) is 15.8 Å². The maximum atomic E-state index is 14.3. The highest BCUT2D eigenvalue weighted by molar-refractivity contribution is 6.00. The molecule has 0 saturated heterocycles. The van der Waals surface area contributed by atoms with Crippen molar-refractivity contribution in [3.05, 3.63) is 66.0 Å². The number of rotatable bonds is 8. The van der Waals surface area contributed by atoms with Crippen molar-refractivity contribution in [2.24, 2.45) is 0 Å². The van der Waals surface area contributed by atoms with Gasteiger partial charge in [-0.1, -0.05) is 0 Å². The minimum absolute atomic E-state index is 0.179. The molecule has 5 rings (SSSR count). The number of nitrogens with one attached hydrogen (secondary N) is 2. The van der Waals surface area contributed by atoms with E-state index in [1.54, 1.807) is 29.0 Å². The van der Waals surface area contributed by atoms with E-state index in [-0.39, 0.29) is 12.1 Å². The minimum atomic E-state index is -1.65. The van der Waals surface area contributed by atoms with Crippen molar-refractivity contribution in [3.63, 3.8) is 0 Å². The van der Waals surface area contributed by atoms with Crippen molar-refractivity contribution in [3.8, 4) is 17.5 Å². The van der Waals surface area contributed by atoms with Crippen molar-refractivity contribution < 1.29 is 14.3 Å². The van der Waals surface area contributed by atoms with Crippen molar-refractivity contribution in [2.45, 2.75) is 44.4 Å². The Kier molecular flexibility index (Phi) is 6.27. The van der Waals surface area contributed by atoms with Crippen molar-refractivity contribution in [2.75, 3.05) is 11.9 Å². The molecular formula is C26H25FN8O2. The topological polar surface area (TPSA) is 141 Å². The van der Waals surface area contributed by atoms with E-state index in [9.17, 15) is 14.3 Å². The molecule has 1 fully saturated rings. The number of fused-ring (bicyclic) bond motifs is 1. The average Bonchev–Trinajstić information content (AvgIpc) is 3.65. The van der Waals surface area contributed by atoms with Crippen LogP contribution < -0.4 is 10.6 Å². The Labute approximate surface area is 212 Å². The zero-order chi connectivity index (χ0) is 26.2. The summed E-state index contributed by atoms with van der Waals surface area (Å²) in [5.74, 6) is 0.645. The van der Waals surface area contributed by atoms with Crippen LogP contribution in [0.25, 0.3) is 16.9 Å². The largest absolute Gasteiger partial charge is 0.387 e. The maximum absolute atomic E-state index is 14.3. The molecule has 1 saturated carbocycles. The molecule has 4 aromatic heterocycles. The zero-order valence-electron chi connectivity index (χ0n) is 20.3. The molecule has 0 aliphatic heterocycles. The molecule has 0 aromatic carbocycles. The zero-order valence-corrected chi connectivity index (χ0v) is 20.3. The first-order valence-electron chi connectivity index (χ1n) is 11.8. The number of anilines is 2. The van der Waals surface area contributed by atoms with Crippen LogP contribution in [0.2, 0.25) is 0 Å². The van der Waals surface area contributed by atoms with Crippen LogP contribution in [0.5, 0.6) is 0 Å². The number of aromatic nitrogens is 5. The summed E-state index contributed by atoms with van der Waals surface area (Å²) in [5, 5.41) is 29.0. The van der Waals surface area contributed by atoms with Gasteiger partial charge in [0.1, 0.15) is 18.1 Å². The predicted molar refractivity (Wildman–Crippen MR) is 134 cm³/mol. The second kappa shape index (κ2) is 9.55. The van der Waals surface area contributed by atoms with Crippen LogP contribution in [-0.2, 0) is 0 Å². The molecule has 37 heavy (non-hydrogen) atoms. The van der Waals surface area contributed by atoms with E-state index in [0.29, 0.717) is 34.2 Å². The number of alkyl halides is 1. The lowest BCUT2D eigenvalue weighted by Gasteiger charge is -2.22. The Morgan fingerprint density at radius 1 is 1.22 bits per heavy atom. The first kappa shape index (κ1) is 24.3. The monoisotopic (exact) mass is 500 g/mol. The summed E-state index contributed by atoms with van der Waals surface area (Å²) >= 11 is 0. The van der Waals surface area contributed by atoms with E-state index in [2.05, 4.69) is 36.8 Å². The molecule has 1 aliphatic rings. The van der Waals surface area contributed by atoms with Gasteiger partial charge in [-0.15, -0.1) is 0 Å². The third-order valence-electron chi connectivity index (χ3n) is 6.14. The lowest BCUT2D eigenvalue weighted by molar-refractivity contribution is -0.00177. The smallest absolute Gasteiger partial charge is 0.255 e. The van der Waals surface area contributed by atoms with E-state index in [0.717, 1.165) is 24.2 Å². The fourth-order valence-electron chi connectivity index (χ4n) is 3.77. The number of nitriles is 1. The van der Waals surface area contributed by atoms with Crippen molar-refractivity contribution >= 4 is 22.8 Å². The standard InChI is InChI=1S/C26H25FN8O2/c1-26(2,37)23(27)14-32-25(36)19-13-29-21(22-6-5-18-7-15(9-28)10-33-35(18)22)8-20(19)34-17-11-30-24(31-12-17)16-3-4-16/h5-8,10-13,16,23,37H,3-4,14H2,1-2H3,(H,29,34)(H,32,36). The molecule has 4 heterocycles. The number of carbonyl (C=O) groups excluding carboxylic acids is 1. The number of amides is 1. The average molecular weight is 501 g/mol. The van der Waals surface area contributed by atoms with Crippen LogP contribution in [-0.4, -0.2) is 53.9 Å². The second-order valence-electron chi connectivity index (χ2n) is 9.59. The van der Waals surface area contributed by atoms with Crippen molar-refractivity contribution in [1.29, 1.82) is 5.26 Å². The molecule has 0 bridgehead atoms. The van der Waals surface area contributed by atoms with Gasteiger partial charge in [0.25, 0.3) is 5.91 Å². The maximum Gasteiger partial charge on any atom is 0.255 e.